The Bertz CT molecular complexity index is 1080. The number of amides is 1. The van der Waals surface area contributed by atoms with Crippen LogP contribution in [0.25, 0.3) is 11.4 Å². The summed E-state index contributed by atoms with van der Waals surface area (Å²) in [6, 6.07) is 11.7. The van der Waals surface area contributed by atoms with Gasteiger partial charge in [-0.2, -0.15) is 0 Å². The van der Waals surface area contributed by atoms with E-state index in [0.29, 0.717) is 24.9 Å². The number of aromatic nitrogens is 3. The lowest BCUT2D eigenvalue weighted by molar-refractivity contribution is -0.113. The van der Waals surface area contributed by atoms with Gasteiger partial charge < -0.3 is 19.4 Å². The lowest BCUT2D eigenvalue weighted by Gasteiger charge is -2.13. The van der Waals surface area contributed by atoms with Crippen LogP contribution in [0, 0.1) is 13.8 Å². The first kappa shape index (κ1) is 21.2. The maximum absolute atomic E-state index is 12.4. The van der Waals surface area contributed by atoms with Gasteiger partial charge in [-0.05, 0) is 50.6 Å². The summed E-state index contributed by atoms with van der Waals surface area (Å²) in [4.78, 5) is 12.4. The first-order valence-corrected chi connectivity index (χ1v) is 11.4. The number of hydrogen-bond donors (Lipinski definition) is 1. The van der Waals surface area contributed by atoms with Crippen molar-refractivity contribution in [3.63, 3.8) is 0 Å². The van der Waals surface area contributed by atoms with Crippen LogP contribution in [0.2, 0.25) is 0 Å². The second kappa shape index (κ2) is 9.43. The van der Waals surface area contributed by atoms with Crippen LogP contribution in [0.15, 0.2) is 41.6 Å². The molecule has 2 aromatic carbocycles. The van der Waals surface area contributed by atoms with Crippen molar-refractivity contribution in [1.82, 2.24) is 14.8 Å². The standard InChI is InChI=1S/C23H26N4O3S/c1-4-27-22(18-13-20-19(12-16(18)3)29-10-5-11-30-20)25-26-23(27)31-14-21(28)24-17-8-6-15(2)7-9-17/h6-9,12-13H,4-5,10-11,14H2,1-3H3,(H,24,28). The van der Waals surface area contributed by atoms with E-state index in [1.165, 1.54) is 11.8 Å². The van der Waals surface area contributed by atoms with Crippen LogP contribution >= 0.6 is 11.8 Å². The van der Waals surface area contributed by atoms with Gasteiger partial charge in [0, 0.05) is 24.2 Å². The molecule has 4 rings (SSSR count). The number of anilines is 1. The van der Waals surface area contributed by atoms with Crippen LogP contribution in [-0.4, -0.2) is 39.6 Å². The van der Waals surface area contributed by atoms with E-state index in [-0.39, 0.29) is 11.7 Å². The molecule has 1 aliphatic heterocycles. The van der Waals surface area contributed by atoms with Crippen molar-refractivity contribution in [3.8, 4) is 22.9 Å². The van der Waals surface area contributed by atoms with Crippen molar-refractivity contribution in [2.24, 2.45) is 0 Å². The summed E-state index contributed by atoms with van der Waals surface area (Å²) in [5, 5.41) is 12.4. The van der Waals surface area contributed by atoms with Gasteiger partial charge in [-0.15, -0.1) is 10.2 Å². The van der Waals surface area contributed by atoms with E-state index in [1.54, 1.807) is 0 Å². The van der Waals surface area contributed by atoms with Crippen LogP contribution in [0.5, 0.6) is 11.5 Å². The lowest BCUT2D eigenvalue weighted by Crippen LogP contribution is -2.14. The maximum Gasteiger partial charge on any atom is 0.234 e. The number of aryl methyl sites for hydroxylation is 2. The molecule has 0 radical (unpaired) electrons. The number of benzene rings is 2. The van der Waals surface area contributed by atoms with E-state index < -0.39 is 0 Å². The number of fused-ring (bicyclic) bond motifs is 1. The lowest BCUT2D eigenvalue weighted by atomic mass is 10.1. The monoisotopic (exact) mass is 438 g/mol. The highest BCUT2D eigenvalue weighted by molar-refractivity contribution is 7.99. The zero-order valence-electron chi connectivity index (χ0n) is 18.0. The average molecular weight is 439 g/mol. The van der Waals surface area contributed by atoms with Crippen LogP contribution in [0.3, 0.4) is 0 Å². The molecule has 1 N–H and O–H groups in total. The first-order chi connectivity index (χ1) is 15.0. The topological polar surface area (TPSA) is 78.3 Å². The molecule has 0 fully saturated rings. The van der Waals surface area contributed by atoms with Crippen LogP contribution in [0.1, 0.15) is 24.5 Å². The molecule has 0 bridgehead atoms. The number of carbonyl (C=O) groups is 1. The molecule has 0 unspecified atom stereocenters. The second-order valence-corrected chi connectivity index (χ2v) is 8.36. The Morgan fingerprint density at radius 2 is 1.81 bits per heavy atom. The summed E-state index contributed by atoms with van der Waals surface area (Å²) in [5.41, 5.74) is 3.94. The van der Waals surface area contributed by atoms with Gasteiger partial charge in [-0.3, -0.25) is 4.79 Å². The SMILES string of the molecule is CCn1c(SCC(=O)Nc2ccc(C)cc2)nnc1-c1cc2c(cc1C)OCCCO2. The number of rotatable bonds is 6. The highest BCUT2D eigenvalue weighted by atomic mass is 32.2. The molecular formula is C23H26N4O3S. The largest absolute Gasteiger partial charge is 0.490 e. The Kier molecular flexibility index (Phi) is 6.46. The number of thioether (sulfide) groups is 1. The zero-order chi connectivity index (χ0) is 21.8. The summed E-state index contributed by atoms with van der Waals surface area (Å²) in [7, 11) is 0. The van der Waals surface area contributed by atoms with E-state index in [9.17, 15) is 4.79 Å². The molecule has 8 heteroatoms. The van der Waals surface area contributed by atoms with Gasteiger partial charge in [-0.1, -0.05) is 29.5 Å². The normalized spacial score (nSPS) is 13.0. The number of hydrogen-bond acceptors (Lipinski definition) is 6. The molecule has 162 valence electrons. The number of nitrogens with zero attached hydrogens (tertiary/aromatic N) is 3. The molecule has 1 aromatic heterocycles. The Balaban J connectivity index is 1.51. The number of carbonyl (C=O) groups excluding carboxylic acids is 1. The van der Waals surface area contributed by atoms with Gasteiger partial charge in [0.2, 0.25) is 5.91 Å². The minimum Gasteiger partial charge on any atom is -0.490 e. The summed E-state index contributed by atoms with van der Waals surface area (Å²) >= 11 is 1.38. The molecule has 0 aliphatic carbocycles. The van der Waals surface area contributed by atoms with Crippen molar-refractivity contribution >= 4 is 23.4 Å². The fourth-order valence-corrected chi connectivity index (χ4v) is 4.20. The van der Waals surface area contributed by atoms with Crippen molar-refractivity contribution in [3.05, 3.63) is 47.5 Å². The highest BCUT2D eigenvalue weighted by Gasteiger charge is 2.20. The van der Waals surface area contributed by atoms with E-state index in [0.717, 1.165) is 46.1 Å². The Labute approximate surface area is 186 Å². The fourth-order valence-electron chi connectivity index (χ4n) is 3.40. The average Bonchev–Trinajstić information content (AvgIpc) is 3.03. The molecule has 0 spiro atoms. The molecule has 0 saturated heterocycles. The smallest absolute Gasteiger partial charge is 0.234 e. The van der Waals surface area contributed by atoms with Crippen LogP contribution in [0.4, 0.5) is 5.69 Å². The predicted molar refractivity (Wildman–Crippen MR) is 122 cm³/mol. The summed E-state index contributed by atoms with van der Waals surface area (Å²) < 4.78 is 13.7. The second-order valence-electron chi connectivity index (χ2n) is 7.42. The van der Waals surface area contributed by atoms with Gasteiger partial charge in [0.15, 0.2) is 22.5 Å². The summed E-state index contributed by atoms with van der Waals surface area (Å²) in [5.74, 6) is 2.44. The van der Waals surface area contributed by atoms with Crippen LogP contribution < -0.4 is 14.8 Å². The molecule has 0 saturated carbocycles. The Morgan fingerprint density at radius 3 is 2.52 bits per heavy atom. The first-order valence-electron chi connectivity index (χ1n) is 10.4. The quantitative estimate of drug-likeness (QED) is 0.572. The van der Waals surface area contributed by atoms with E-state index in [1.807, 2.05) is 61.7 Å². The summed E-state index contributed by atoms with van der Waals surface area (Å²) in [6.45, 7) is 8.07. The van der Waals surface area contributed by atoms with Gasteiger partial charge in [0.25, 0.3) is 0 Å². The van der Waals surface area contributed by atoms with Crippen molar-refractivity contribution < 1.29 is 14.3 Å². The van der Waals surface area contributed by atoms with E-state index in [2.05, 4.69) is 15.5 Å². The maximum atomic E-state index is 12.4. The molecule has 3 aromatic rings. The third kappa shape index (κ3) is 4.85. The van der Waals surface area contributed by atoms with Gasteiger partial charge in [0.1, 0.15) is 0 Å². The molecule has 7 nitrogen and oxygen atoms in total. The summed E-state index contributed by atoms with van der Waals surface area (Å²) in [6.07, 6.45) is 0.861. The molecule has 2 heterocycles. The Morgan fingerprint density at radius 1 is 1.10 bits per heavy atom. The molecule has 0 atom stereocenters. The molecule has 1 amide bonds. The van der Waals surface area contributed by atoms with Crippen LogP contribution in [-0.2, 0) is 11.3 Å². The zero-order valence-corrected chi connectivity index (χ0v) is 18.8. The van der Waals surface area contributed by atoms with Gasteiger partial charge in [-0.25, -0.2) is 0 Å². The number of nitrogens with one attached hydrogen (secondary N) is 1. The molecular weight excluding hydrogens is 412 g/mol. The highest BCUT2D eigenvalue weighted by Crippen LogP contribution is 2.37. The van der Waals surface area contributed by atoms with Crippen molar-refractivity contribution in [2.75, 3.05) is 24.3 Å². The molecule has 1 aliphatic rings. The van der Waals surface area contributed by atoms with E-state index >= 15 is 0 Å². The minimum absolute atomic E-state index is 0.0761. The van der Waals surface area contributed by atoms with Gasteiger partial charge in [0.05, 0.1) is 19.0 Å². The molecule has 31 heavy (non-hydrogen) atoms. The Hall–Kier alpha value is -3.00. The van der Waals surface area contributed by atoms with E-state index in [4.69, 9.17) is 9.47 Å². The third-order valence-corrected chi connectivity index (χ3v) is 6.00. The predicted octanol–water partition coefficient (Wildman–Crippen LogP) is 4.47. The number of ether oxygens (including phenoxy) is 2. The minimum atomic E-state index is -0.0761. The van der Waals surface area contributed by atoms with Crippen molar-refractivity contribution in [1.29, 1.82) is 0 Å². The fraction of sp³-hybridized carbons (Fsp3) is 0.348. The van der Waals surface area contributed by atoms with Crippen molar-refractivity contribution in [2.45, 2.75) is 38.9 Å². The third-order valence-electron chi connectivity index (χ3n) is 5.04. The van der Waals surface area contributed by atoms with Gasteiger partial charge >= 0.3 is 0 Å².